The first-order chi connectivity index (χ1) is 14.6. The van der Waals surface area contributed by atoms with Gasteiger partial charge in [0.05, 0.1) is 18.7 Å². The third kappa shape index (κ3) is 3.62. The van der Waals surface area contributed by atoms with Crippen molar-refractivity contribution in [3.63, 3.8) is 0 Å². The first kappa shape index (κ1) is 20.8. The van der Waals surface area contributed by atoms with Crippen LogP contribution in [0.1, 0.15) is 37.0 Å². The molecule has 0 N–H and O–H groups in total. The van der Waals surface area contributed by atoms with Crippen LogP contribution in [0.15, 0.2) is 29.2 Å². The normalized spacial score (nSPS) is 14.6. The summed E-state index contributed by atoms with van der Waals surface area (Å²) in [6, 6.07) is 5.18. The fraction of sp³-hybridized carbons (Fsp3) is 0.476. The van der Waals surface area contributed by atoms with Crippen LogP contribution in [-0.2, 0) is 12.5 Å². The Labute approximate surface area is 180 Å². The maximum absolute atomic E-state index is 13.0. The zero-order valence-electron chi connectivity index (χ0n) is 18.7. The van der Waals surface area contributed by atoms with E-state index in [4.69, 9.17) is 9.84 Å². The summed E-state index contributed by atoms with van der Waals surface area (Å²) in [6.07, 6.45) is 1.52. The van der Waals surface area contributed by atoms with Crippen LogP contribution in [-0.4, -0.2) is 68.5 Å². The lowest BCUT2D eigenvalue weighted by atomic mass is 9.96. The van der Waals surface area contributed by atoms with E-state index in [0.29, 0.717) is 24.3 Å². The van der Waals surface area contributed by atoms with Gasteiger partial charge in [0.2, 0.25) is 0 Å². The minimum absolute atomic E-state index is 0.0231. The van der Waals surface area contributed by atoms with Crippen molar-refractivity contribution in [2.45, 2.75) is 32.2 Å². The number of hydrogen-bond donors (Lipinski definition) is 0. The van der Waals surface area contributed by atoms with E-state index in [-0.39, 0.29) is 28.7 Å². The Kier molecular flexibility index (Phi) is 4.95. The second-order valence-electron chi connectivity index (χ2n) is 8.91. The second-order valence-corrected chi connectivity index (χ2v) is 8.91. The van der Waals surface area contributed by atoms with Gasteiger partial charge in [-0.05, 0) is 12.1 Å². The van der Waals surface area contributed by atoms with E-state index in [1.807, 2.05) is 12.1 Å². The number of rotatable bonds is 4. The largest absolute Gasteiger partial charge is 0.496 e. The van der Waals surface area contributed by atoms with Gasteiger partial charge in [-0.3, -0.25) is 9.59 Å². The minimum atomic E-state index is -0.226. The van der Waals surface area contributed by atoms with Crippen LogP contribution >= 0.6 is 0 Å². The number of anilines is 1. The monoisotopic (exact) mass is 425 g/mol. The quantitative estimate of drug-likeness (QED) is 0.617. The minimum Gasteiger partial charge on any atom is -0.496 e. The highest BCUT2D eigenvalue weighted by Gasteiger charge is 2.35. The van der Waals surface area contributed by atoms with Crippen LogP contribution in [0.5, 0.6) is 5.75 Å². The number of carbonyl (C=O) groups is 1. The fourth-order valence-electron chi connectivity index (χ4n) is 3.60. The Morgan fingerprint density at radius 2 is 1.94 bits per heavy atom. The van der Waals surface area contributed by atoms with E-state index >= 15 is 0 Å². The number of pyridine rings is 1. The summed E-state index contributed by atoms with van der Waals surface area (Å²) in [5.41, 5.74) is 0.671. The van der Waals surface area contributed by atoms with Gasteiger partial charge in [0.15, 0.2) is 11.5 Å². The van der Waals surface area contributed by atoms with Crippen LogP contribution < -0.4 is 15.2 Å². The molecule has 164 valence electrons. The zero-order valence-corrected chi connectivity index (χ0v) is 18.7. The lowest BCUT2D eigenvalue weighted by Gasteiger charge is -2.44. The molecule has 0 aromatic carbocycles. The summed E-state index contributed by atoms with van der Waals surface area (Å²) in [7, 11) is 4.83. The predicted octanol–water partition coefficient (Wildman–Crippen LogP) is 1.09. The topological polar surface area (TPSA) is 97.9 Å². The third-order valence-electron chi connectivity index (χ3n) is 5.61. The highest BCUT2D eigenvalue weighted by atomic mass is 16.5. The lowest BCUT2D eigenvalue weighted by molar-refractivity contribution is 0.0700. The molecule has 3 aromatic heterocycles. The van der Waals surface area contributed by atoms with Crippen molar-refractivity contribution in [2.24, 2.45) is 7.05 Å². The predicted molar refractivity (Wildman–Crippen MR) is 116 cm³/mol. The van der Waals surface area contributed by atoms with E-state index in [9.17, 15) is 9.59 Å². The van der Waals surface area contributed by atoms with E-state index in [1.54, 1.807) is 23.5 Å². The first-order valence-electron chi connectivity index (χ1n) is 10.1. The summed E-state index contributed by atoms with van der Waals surface area (Å²) in [6.45, 7) is 7.53. The number of hydrogen-bond acceptors (Lipinski definition) is 7. The lowest BCUT2D eigenvalue weighted by Crippen LogP contribution is -2.60. The van der Waals surface area contributed by atoms with Crippen molar-refractivity contribution in [2.75, 3.05) is 32.1 Å². The highest BCUT2D eigenvalue weighted by molar-refractivity contribution is 5.96. The average Bonchev–Trinajstić information content (AvgIpc) is 3.11. The number of aryl methyl sites for hydroxylation is 1. The van der Waals surface area contributed by atoms with Crippen LogP contribution in [0.2, 0.25) is 0 Å². The molecule has 1 fully saturated rings. The number of nitrogens with zero attached hydrogens (tertiary/aromatic N) is 7. The molecular formula is C21H27N7O3. The summed E-state index contributed by atoms with van der Waals surface area (Å²) >= 11 is 0. The first-order valence-corrected chi connectivity index (χ1v) is 10.1. The molecule has 1 amide bonds. The van der Waals surface area contributed by atoms with Crippen molar-refractivity contribution >= 4 is 17.4 Å². The van der Waals surface area contributed by atoms with Gasteiger partial charge >= 0.3 is 0 Å². The Morgan fingerprint density at radius 1 is 1.23 bits per heavy atom. The van der Waals surface area contributed by atoms with Gasteiger partial charge in [0.25, 0.3) is 11.5 Å². The molecule has 0 spiro atoms. The van der Waals surface area contributed by atoms with Gasteiger partial charge in [-0.2, -0.15) is 4.52 Å². The van der Waals surface area contributed by atoms with Gasteiger partial charge in [0, 0.05) is 44.9 Å². The number of ether oxygens (including phenoxy) is 1. The molecular weight excluding hydrogens is 398 g/mol. The van der Waals surface area contributed by atoms with E-state index < -0.39 is 0 Å². The molecule has 0 unspecified atom stereocenters. The Hall–Kier alpha value is -3.43. The van der Waals surface area contributed by atoms with Crippen molar-refractivity contribution in [1.29, 1.82) is 0 Å². The number of methoxy groups -OCH3 is 1. The molecule has 0 saturated carbocycles. The number of amides is 1. The number of likely N-dealkylation sites (N-methyl/N-ethyl adjacent to an activating group) is 1. The third-order valence-corrected chi connectivity index (χ3v) is 5.61. The Morgan fingerprint density at radius 3 is 2.58 bits per heavy atom. The smallest absolute Gasteiger partial charge is 0.259 e. The maximum atomic E-state index is 13.0. The zero-order chi connectivity index (χ0) is 22.5. The molecule has 4 heterocycles. The number of fused-ring (bicyclic) bond motifs is 1. The highest BCUT2D eigenvalue weighted by Crippen LogP contribution is 2.26. The van der Waals surface area contributed by atoms with Gasteiger partial charge in [-0.25, -0.2) is 0 Å². The standard InChI is InChI=1S/C21H27N7O3/c1-21(2,3)20-23-22-16-7-8-17(24-28(16)20)27-10-13(11-27)26(5)19(30)14-12-25(4)18(29)9-15(14)31-6/h7-9,12-13H,10-11H2,1-6H3. The summed E-state index contributed by atoms with van der Waals surface area (Å²) < 4.78 is 8.41. The van der Waals surface area contributed by atoms with Crippen molar-refractivity contribution in [3.8, 4) is 5.75 Å². The van der Waals surface area contributed by atoms with Crippen LogP contribution in [0.4, 0.5) is 5.82 Å². The van der Waals surface area contributed by atoms with Crippen LogP contribution in [0, 0.1) is 0 Å². The molecule has 1 aliphatic heterocycles. The van der Waals surface area contributed by atoms with Gasteiger partial charge < -0.3 is 19.1 Å². The molecule has 10 heteroatoms. The van der Waals surface area contributed by atoms with Crippen molar-refractivity contribution in [1.82, 2.24) is 29.3 Å². The summed E-state index contributed by atoms with van der Waals surface area (Å²) in [4.78, 5) is 28.7. The maximum Gasteiger partial charge on any atom is 0.259 e. The van der Waals surface area contributed by atoms with Gasteiger partial charge in [-0.1, -0.05) is 20.8 Å². The molecule has 1 aliphatic rings. The van der Waals surface area contributed by atoms with Crippen molar-refractivity contribution < 1.29 is 9.53 Å². The molecule has 31 heavy (non-hydrogen) atoms. The molecule has 0 bridgehead atoms. The van der Waals surface area contributed by atoms with E-state index in [0.717, 1.165) is 11.6 Å². The molecule has 3 aromatic rings. The van der Waals surface area contributed by atoms with E-state index in [1.165, 1.54) is 23.9 Å². The van der Waals surface area contributed by atoms with Crippen LogP contribution in [0.25, 0.3) is 5.65 Å². The molecule has 0 atom stereocenters. The van der Waals surface area contributed by atoms with Crippen molar-refractivity contribution in [3.05, 3.63) is 46.1 Å². The fourth-order valence-corrected chi connectivity index (χ4v) is 3.60. The summed E-state index contributed by atoms with van der Waals surface area (Å²) in [5.74, 6) is 1.71. The molecule has 0 aliphatic carbocycles. The number of aromatic nitrogens is 5. The second kappa shape index (κ2) is 7.36. The summed E-state index contributed by atoms with van der Waals surface area (Å²) in [5, 5.41) is 13.2. The van der Waals surface area contributed by atoms with Gasteiger partial charge in [0.1, 0.15) is 11.6 Å². The molecule has 4 rings (SSSR count). The SMILES string of the molecule is COc1cc(=O)n(C)cc1C(=O)N(C)C1CN(c2ccc3nnc(C(C)(C)C)n3n2)C1. The molecule has 1 saturated heterocycles. The van der Waals surface area contributed by atoms with Gasteiger partial charge in [-0.15, -0.1) is 15.3 Å². The van der Waals surface area contributed by atoms with Crippen LogP contribution in [0.3, 0.4) is 0 Å². The Bertz CT molecular complexity index is 1200. The number of carbonyl (C=O) groups excluding carboxylic acids is 1. The van der Waals surface area contributed by atoms with E-state index in [2.05, 4.69) is 35.9 Å². The Balaban J connectivity index is 1.51. The molecule has 0 radical (unpaired) electrons. The molecule has 10 nitrogen and oxygen atoms in total. The average molecular weight is 425 g/mol.